The molecule has 0 radical (unpaired) electrons. The third-order valence-corrected chi connectivity index (χ3v) is 4.66. The van der Waals surface area contributed by atoms with Gasteiger partial charge in [-0.3, -0.25) is 9.59 Å². The van der Waals surface area contributed by atoms with Gasteiger partial charge in [0.15, 0.2) is 0 Å². The average Bonchev–Trinajstić information content (AvgIpc) is 2.33. The van der Waals surface area contributed by atoms with Crippen molar-refractivity contribution >= 4 is 11.9 Å². The number of carboxylic acids is 1. The number of carbonyl (C=O) groups excluding carboxylic acids is 1. The highest BCUT2D eigenvalue weighted by Gasteiger charge is 2.58. The van der Waals surface area contributed by atoms with Crippen LogP contribution in [0.15, 0.2) is 0 Å². The monoisotopic (exact) mass is 271 g/mol. The highest BCUT2D eigenvalue weighted by atomic mass is 16.5. The Balaban J connectivity index is 2.29. The predicted molar refractivity (Wildman–Crippen MR) is 71.8 cm³/mol. The minimum atomic E-state index is -0.809. The number of rotatable bonds is 7. The second-order valence-corrected chi connectivity index (χ2v) is 6.08. The molecule has 0 aromatic heterocycles. The number of hydrogen-bond acceptors (Lipinski definition) is 3. The van der Waals surface area contributed by atoms with Crippen LogP contribution in [0.3, 0.4) is 0 Å². The Kier molecular flexibility index (Phi) is 4.96. The van der Waals surface area contributed by atoms with Gasteiger partial charge >= 0.3 is 5.97 Å². The molecule has 1 aliphatic carbocycles. The van der Waals surface area contributed by atoms with Crippen LogP contribution in [-0.4, -0.2) is 35.7 Å². The molecule has 1 amide bonds. The van der Waals surface area contributed by atoms with Crippen molar-refractivity contribution in [1.29, 1.82) is 0 Å². The molecule has 1 aliphatic rings. The van der Waals surface area contributed by atoms with Crippen molar-refractivity contribution in [2.24, 2.45) is 5.41 Å². The maximum absolute atomic E-state index is 11.8. The van der Waals surface area contributed by atoms with Gasteiger partial charge in [-0.1, -0.05) is 13.8 Å². The topological polar surface area (TPSA) is 75.6 Å². The van der Waals surface area contributed by atoms with Gasteiger partial charge in [-0.15, -0.1) is 0 Å². The Bertz CT molecular complexity index is 353. The van der Waals surface area contributed by atoms with E-state index >= 15 is 0 Å². The molecule has 5 heteroatoms. The first-order chi connectivity index (χ1) is 8.73. The molecule has 2 unspecified atom stereocenters. The standard InChI is InChI=1S/C14H25NO4/c1-13(2)10(9-14(13,3)19-4)15-11(16)7-5-6-8-12(17)18/h10H,5-9H2,1-4H3,(H,15,16)(H,17,18). The van der Waals surface area contributed by atoms with Gasteiger partial charge in [-0.25, -0.2) is 0 Å². The molecule has 0 aliphatic heterocycles. The zero-order valence-corrected chi connectivity index (χ0v) is 12.3. The zero-order chi connectivity index (χ0) is 14.7. The lowest BCUT2D eigenvalue weighted by Crippen LogP contribution is -2.68. The van der Waals surface area contributed by atoms with Crippen LogP contribution in [0.25, 0.3) is 0 Å². The summed E-state index contributed by atoms with van der Waals surface area (Å²) in [6.45, 7) is 6.24. The molecule has 0 aromatic carbocycles. The van der Waals surface area contributed by atoms with Gasteiger partial charge in [0, 0.05) is 31.4 Å². The highest BCUT2D eigenvalue weighted by Crippen LogP contribution is 2.51. The van der Waals surface area contributed by atoms with Crippen LogP contribution < -0.4 is 5.32 Å². The van der Waals surface area contributed by atoms with Gasteiger partial charge in [0.2, 0.25) is 5.91 Å². The molecule has 19 heavy (non-hydrogen) atoms. The number of carbonyl (C=O) groups is 2. The van der Waals surface area contributed by atoms with Crippen molar-refractivity contribution in [2.75, 3.05) is 7.11 Å². The van der Waals surface area contributed by atoms with E-state index in [-0.39, 0.29) is 29.4 Å². The summed E-state index contributed by atoms with van der Waals surface area (Å²) in [7, 11) is 1.70. The number of amides is 1. The molecule has 0 heterocycles. The molecule has 5 nitrogen and oxygen atoms in total. The van der Waals surface area contributed by atoms with Crippen LogP contribution in [0.5, 0.6) is 0 Å². The summed E-state index contributed by atoms with van der Waals surface area (Å²) < 4.78 is 5.51. The fourth-order valence-electron chi connectivity index (χ4n) is 2.55. The molecule has 1 fully saturated rings. The SMILES string of the molecule is COC1(C)CC(NC(=O)CCCCC(=O)O)C1(C)C. The molecule has 2 N–H and O–H groups in total. The Morgan fingerprint density at radius 3 is 2.32 bits per heavy atom. The van der Waals surface area contributed by atoms with Crippen molar-refractivity contribution in [2.45, 2.75) is 64.5 Å². The molecule has 0 spiro atoms. The van der Waals surface area contributed by atoms with Gasteiger partial charge in [-0.2, -0.15) is 0 Å². The van der Waals surface area contributed by atoms with Gasteiger partial charge in [0.25, 0.3) is 0 Å². The van der Waals surface area contributed by atoms with Crippen molar-refractivity contribution in [3.63, 3.8) is 0 Å². The van der Waals surface area contributed by atoms with E-state index in [1.165, 1.54) is 0 Å². The molecule has 110 valence electrons. The maximum Gasteiger partial charge on any atom is 0.303 e. The molecular weight excluding hydrogens is 246 g/mol. The fraction of sp³-hybridized carbons (Fsp3) is 0.857. The number of hydrogen-bond donors (Lipinski definition) is 2. The van der Waals surface area contributed by atoms with Gasteiger partial charge < -0.3 is 15.2 Å². The van der Waals surface area contributed by atoms with E-state index < -0.39 is 5.97 Å². The third-order valence-electron chi connectivity index (χ3n) is 4.66. The highest BCUT2D eigenvalue weighted by molar-refractivity contribution is 5.76. The van der Waals surface area contributed by atoms with E-state index in [0.29, 0.717) is 19.3 Å². The van der Waals surface area contributed by atoms with Crippen LogP contribution >= 0.6 is 0 Å². The number of nitrogens with one attached hydrogen (secondary N) is 1. The van der Waals surface area contributed by atoms with Crippen molar-refractivity contribution in [3.05, 3.63) is 0 Å². The second-order valence-electron chi connectivity index (χ2n) is 6.08. The van der Waals surface area contributed by atoms with Crippen LogP contribution in [0.4, 0.5) is 0 Å². The number of unbranched alkanes of at least 4 members (excludes halogenated alkanes) is 1. The van der Waals surface area contributed by atoms with E-state index in [1.54, 1.807) is 7.11 Å². The summed E-state index contributed by atoms with van der Waals surface area (Å²) in [6.07, 6.45) is 2.50. The summed E-state index contributed by atoms with van der Waals surface area (Å²) in [4.78, 5) is 22.1. The molecule has 0 saturated heterocycles. The molecule has 2 atom stereocenters. The normalized spacial score (nSPS) is 28.5. The maximum atomic E-state index is 11.8. The Morgan fingerprint density at radius 2 is 1.84 bits per heavy atom. The zero-order valence-electron chi connectivity index (χ0n) is 12.3. The van der Waals surface area contributed by atoms with Crippen molar-refractivity contribution in [3.8, 4) is 0 Å². The lowest BCUT2D eigenvalue weighted by Gasteiger charge is -2.59. The molecular formula is C14H25NO4. The molecule has 0 aromatic rings. The van der Waals surface area contributed by atoms with Crippen LogP contribution in [0, 0.1) is 5.41 Å². The van der Waals surface area contributed by atoms with Gasteiger partial charge in [0.1, 0.15) is 0 Å². The quantitative estimate of drug-likeness (QED) is 0.694. The molecule has 0 bridgehead atoms. The summed E-state index contributed by atoms with van der Waals surface area (Å²) >= 11 is 0. The fourth-order valence-corrected chi connectivity index (χ4v) is 2.55. The minimum Gasteiger partial charge on any atom is -0.481 e. The Hall–Kier alpha value is -1.10. The lowest BCUT2D eigenvalue weighted by molar-refractivity contribution is -0.182. The van der Waals surface area contributed by atoms with Crippen molar-refractivity contribution in [1.82, 2.24) is 5.32 Å². The first kappa shape index (κ1) is 16.0. The number of methoxy groups -OCH3 is 1. The van der Waals surface area contributed by atoms with E-state index in [2.05, 4.69) is 26.1 Å². The van der Waals surface area contributed by atoms with E-state index in [1.807, 2.05) is 0 Å². The summed E-state index contributed by atoms with van der Waals surface area (Å²) in [6, 6.07) is 0.129. The summed E-state index contributed by atoms with van der Waals surface area (Å²) in [5, 5.41) is 11.5. The summed E-state index contributed by atoms with van der Waals surface area (Å²) in [5.74, 6) is -0.807. The smallest absolute Gasteiger partial charge is 0.303 e. The largest absolute Gasteiger partial charge is 0.481 e. The Morgan fingerprint density at radius 1 is 1.26 bits per heavy atom. The number of carboxylic acid groups (broad SMARTS) is 1. The van der Waals surface area contributed by atoms with Gasteiger partial charge in [-0.05, 0) is 26.2 Å². The number of ether oxygens (including phenoxy) is 1. The van der Waals surface area contributed by atoms with Crippen LogP contribution in [-0.2, 0) is 14.3 Å². The average molecular weight is 271 g/mol. The van der Waals surface area contributed by atoms with E-state index in [0.717, 1.165) is 6.42 Å². The van der Waals surface area contributed by atoms with Gasteiger partial charge in [0.05, 0.1) is 5.60 Å². The number of aliphatic carboxylic acids is 1. The summed E-state index contributed by atoms with van der Waals surface area (Å²) in [5.41, 5.74) is -0.271. The minimum absolute atomic E-state index is 0.00150. The predicted octanol–water partition coefficient (Wildman–Crippen LogP) is 1.95. The molecule has 1 rings (SSSR count). The van der Waals surface area contributed by atoms with Crippen LogP contribution in [0.1, 0.15) is 52.9 Å². The first-order valence-corrected chi connectivity index (χ1v) is 6.79. The third kappa shape index (κ3) is 3.47. The molecule has 1 saturated carbocycles. The first-order valence-electron chi connectivity index (χ1n) is 6.79. The van der Waals surface area contributed by atoms with E-state index in [9.17, 15) is 9.59 Å². The van der Waals surface area contributed by atoms with Crippen LogP contribution in [0.2, 0.25) is 0 Å². The second kappa shape index (κ2) is 5.90. The van der Waals surface area contributed by atoms with Crippen molar-refractivity contribution < 1.29 is 19.4 Å². The van der Waals surface area contributed by atoms with E-state index in [4.69, 9.17) is 9.84 Å². The lowest BCUT2D eigenvalue weighted by atomic mass is 9.56. The Labute approximate surface area is 114 Å².